The van der Waals surface area contributed by atoms with Gasteiger partial charge in [0.25, 0.3) is 0 Å². The highest BCUT2D eigenvalue weighted by Crippen LogP contribution is 2.30. The molecule has 0 radical (unpaired) electrons. The molecular formula is C19H26ClN3O. The molecule has 1 aliphatic rings. The standard InChI is InChI=1S/C19H26ClN3O/c1-14-11-21-19(23(14)15(2)13-24)17-7-9-22(10-8-17)12-16-3-5-18(20)6-4-16/h3-6,11,15,17,24H,7-10,12-13H2,1-2H3/t15-/m1/s1. The number of halogens is 1. The number of imidazole rings is 1. The van der Waals surface area contributed by atoms with Gasteiger partial charge < -0.3 is 9.67 Å². The van der Waals surface area contributed by atoms with Gasteiger partial charge in [0.1, 0.15) is 5.82 Å². The number of aromatic nitrogens is 2. The second-order valence-electron chi connectivity index (χ2n) is 6.84. The molecule has 130 valence electrons. The van der Waals surface area contributed by atoms with Crippen molar-refractivity contribution in [2.75, 3.05) is 19.7 Å². The summed E-state index contributed by atoms with van der Waals surface area (Å²) in [5.74, 6) is 1.62. The summed E-state index contributed by atoms with van der Waals surface area (Å²) in [6.45, 7) is 7.40. The number of piperidine rings is 1. The first-order valence-electron chi connectivity index (χ1n) is 8.70. The van der Waals surface area contributed by atoms with Gasteiger partial charge in [-0.05, 0) is 57.5 Å². The lowest BCUT2D eigenvalue weighted by Gasteiger charge is -2.32. The summed E-state index contributed by atoms with van der Waals surface area (Å²) in [5.41, 5.74) is 2.44. The average Bonchev–Trinajstić information content (AvgIpc) is 2.98. The minimum Gasteiger partial charge on any atom is -0.394 e. The van der Waals surface area contributed by atoms with Crippen molar-refractivity contribution in [2.45, 2.75) is 45.2 Å². The molecule has 0 amide bonds. The zero-order valence-electron chi connectivity index (χ0n) is 14.5. The van der Waals surface area contributed by atoms with Gasteiger partial charge in [0, 0.05) is 29.4 Å². The molecule has 1 atom stereocenters. The van der Waals surface area contributed by atoms with E-state index in [0.29, 0.717) is 5.92 Å². The monoisotopic (exact) mass is 347 g/mol. The Bertz CT molecular complexity index is 660. The van der Waals surface area contributed by atoms with Crippen molar-refractivity contribution in [3.8, 4) is 0 Å². The number of aryl methyl sites for hydroxylation is 1. The van der Waals surface area contributed by atoms with Gasteiger partial charge in [0.05, 0.1) is 12.6 Å². The van der Waals surface area contributed by atoms with Crippen molar-refractivity contribution in [3.05, 3.63) is 52.6 Å². The molecule has 1 aromatic heterocycles. The van der Waals surface area contributed by atoms with Crippen LogP contribution in [0.3, 0.4) is 0 Å². The van der Waals surface area contributed by atoms with Crippen molar-refractivity contribution >= 4 is 11.6 Å². The third kappa shape index (κ3) is 3.82. The molecule has 0 saturated carbocycles. The predicted octanol–water partition coefficient (Wildman–Crippen LogP) is 3.78. The van der Waals surface area contributed by atoms with Crippen LogP contribution < -0.4 is 0 Å². The van der Waals surface area contributed by atoms with Crippen LogP contribution >= 0.6 is 11.6 Å². The van der Waals surface area contributed by atoms with Crippen LogP contribution in [-0.4, -0.2) is 39.3 Å². The normalized spacial score (nSPS) is 18.0. The van der Waals surface area contributed by atoms with Gasteiger partial charge in [-0.15, -0.1) is 0 Å². The topological polar surface area (TPSA) is 41.3 Å². The molecule has 3 rings (SSSR count). The van der Waals surface area contributed by atoms with Crippen LogP contribution in [0.25, 0.3) is 0 Å². The van der Waals surface area contributed by atoms with Crippen molar-refractivity contribution in [3.63, 3.8) is 0 Å². The molecule has 1 fully saturated rings. The number of benzene rings is 1. The van der Waals surface area contributed by atoms with Crippen LogP contribution in [-0.2, 0) is 6.54 Å². The fourth-order valence-corrected chi connectivity index (χ4v) is 3.75. The Morgan fingerprint density at radius 1 is 1.25 bits per heavy atom. The summed E-state index contributed by atoms with van der Waals surface area (Å²) >= 11 is 5.95. The quantitative estimate of drug-likeness (QED) is 0.895. The van der Waals surface area contributed by atoms with Crippen LogP contribution in [0.2, 0.25) is 5.02 Å². The molecule has 0 spiro atoms. The number of likely N-dealkylation sites (tertiary alicyclic amines) is 1. The molecule has 1 aliphatic heterocycles. The SMILES string of the molecule is Cc1cnc(C2CCN(Cc3ccc(Cl)cc3)CC2)n1[C@H](C)CO. The van der Waals surface area contributed by atoms with Crippen molar-refractivity contribution < 1.29 is 5.11 Å². The lowest BCUT2D eigenvalue weighted by Crippen LogP contribution is -2.33. The highest BCUT2D eigenvalue weighted by Gasteiger charge is 2.26. The van der Waals surface area contributed by atoms with Gasteiger partial charge in [-0.1, -0.05) is 23.7 Å². The van der Waals surface area contributed by atoms with E-state index >= 15 is 0 Å². The molecule has 5 heteroatoms. The fourth-order valence-electron chi connectivity index (χ4n) is 3.62. The van der Waals surface area contributed by atoms with Gasteiger partial charge in [-0.25, -0.2) is 4.98 Å². The van der Waals surface area contributed by atoms with Gasteiger partial charge in [0.15, 0.2) is 0 Å². The first-order chi connectivity index (χ1) is 11.6. The van der Waals surface area contributed by atoms with E-state index in [4.69, 9.17) is 11.6 Å². The fraction of sp³-hybridized carbons (Fsp3) is 0.526. The molecule has 0 unspecified atom stereocenters. The third-order valence-electron chi connectivity index (χ3n) is 4.99. The summed E-state index contributed by atoms with van der Waals surface area (Å²) in [5, 5.41) is 10.3. The van der Waals surface area contributed by atoms with Gasteiger partial charge in [-0.2, -0.15) is 0 Å². The van der Waals surface area contributed by atoms with E-state index in [2.05, 4.69) is 33.5 Å². The van der Waals surface area contributed by atoms with Crippen LogP contribution in [0.4, 0.5) is 0 Å². The van der Waals surface area contributed by atoms with Crippen LogP contribution in [0, 0.1) is 6.92 Å². The van der Waals surface area contributed by atoms with Crippen molar-refractivity contribution in [2.24, 2.45) is 0 Å². The van der Waals surface area contributed by atoms with Crippen molar-refractivity contribution in [1.29, 1.82) is 0 Å². The summed E-state index contributed by atoms with van der Waals surface area (Å²) in [6.07, 6.45) is 4.16. The third-order valence-corrected chi connectivity index (χ3v) is 5.24. The Labute approximate surface area is 149 Å². The van der Waals surface area contributed by atoms with E-state index < -0.39 is 0 Å². The molecular weight excluding hydrogens is 322 g/mol. The second-order valence-corrected chi connectivity index (χ2v) is 7.27. The van der Waals surface area contributed by atoms with E-state index in [1.165, 1.54) is 5.56 Å². The predicted molar refractivity (Wildman–Crippen MR) is 97.5 cm³/mol. The lowest BCUT2D eigenvalue weighted by atomic mass is 9.95. The number of hydrogen-bond donors (Lipinski definition) is 1. The Kier molecular flexibility index (Phi) is 5.59. The molecule has 4 nitrogen and oxygen atoms in total. The smallest absolute Gasteiger partial charge is 0.112 e. The molecule has 2 aromatic rings. The van der Waals surface area contributed by atoms with E-state index in [0.717, 1.165) is 49.0 Å². The number of aliphatic hydroxyl groups excluding tert-OH is 1. The largest absolute Gasteiger partial charge is 0.394 e. The van der Waals surface area contributed by atoms with Gasteiger partial charge in [-0.3, -0.25) is 4.90 Å². The molecule has 24 heavy (non-hydrogen) atoms. The lowest BCUT2D eigenvalue weighted by molar-refractivity contribution is 0.193. The van der Waals surface area contributed by atoms with Gasteiger partial charge >= 0.3 is 0 Å². The molecule has 2 heterocycles. The minimum absolute atomic E-state index is 0.0922. The summed E-state index contributed by atoms with van der Waals surface area (Å²) in [7, 11) is 0. The Morgan fingerprint density at radius 3 is 2.54 bits per heavy atom. The molecule has 0 bridgehead atoms. The first-order valence-corrected chi connectivity index (χ1v) is 9.07. The molecule has 0 aliphatic carbocycles. The zero-order chi connectivity index (χ0) is 17.1. The number of hydrogen-bond acceptors (Lipinski definition) is 3. The number of rotatable bonds is 5. The highest BCUT2D eigenvalue weighted by molar-refractivity contribution is 6.30. The minimum atomic E-state index is 0.0922. The number of aliphatic hydroxyl groups is 1. The van der Waals surface area contributed by atoms with E-state index in [-0.39, 0.29) is 12.6 Å². The number of nitrogens with zero attached hydrogens (tertiary/aromatic N) is 3. The van der Waals surface area contributed by atoms with Crippen LogP contribution in [0.15, 0.2) is 30.5 Å². The van der Waals surface area contributed by atoms with E-state index in [1.807, 2.05) is 25.3 Å². The highest BCUT2D eigenvalue weighted by atomic mass is 35.5. The maximum Gasteiger partial charge on any atom is 0.112 e. The molecule has 1 N–H and O–H groups in total. The molecule has 1 saturated heterocycles. The van der Waals surface area contributed by atoms with Gasteiger partial charge in [0.2, 0.25) is 0 Å². The Morgan fingerprint density at radius 2 is 1.92 bits per heavy atom. The molecule has 1 aromatic carbocycles. The Hall–Kier alpha value is -1.36. The van der Waals surface area contributed by atoms with E-state index in [1.54, 1.807) is 0 Å². The second kappa shape index (κ2) is 7.68. The summed E-state index contributed by atoms with van der Waals surface area (Å²) in [4.78, 5) is 7.14. The van der Waals surface area contributed by atoms with Crippen molar-refractivity contribution in [1.82, 2.24) is 14.5 Å². The zero-order valence-corrected chi connectivity index (χ0v) is 15.2. The summed E-state index contributed by atoms with van der Waals surface area (Å²) < 4.78 is 2.21. The van der Waals surface area contributed by atoms with E-state index in [9.17, 15) is 5.11 Å². The summed E-state index contributed by atoms with van der Waals surface area (Å²) in [6, 6.07) is 8.22. The van der Waals surface area contributed by atoms with Crippen LogP contribution in [0.5, 0.6) is 0 Å². The average molecular weight is 348 g/mol. The first kappa shape index (κ1) is 17.5. The van der Waals surface area contributed by atoms with Crippen LogP contribution in [0.1, 0.15) is 48.8 Å². The maximum atomic E-state index is 9.51. The Balaban J connectivity index is 1.62. The maximum absolute atomic E-state index is 9.51.